The predicted molar refractivity (Wildman–Crippen MR) is 55.8 cm³/mol. The van der Waals surface area contributed by atoms with Crippen molar-refractivity contribution in [1.82, 2.24) is 0 Å². The van der Waals surface area contributed by atoms with Crippen LogP contribution in [-0.4, -0.2) is 19.0 Å². The number of amides is 1. The quantitative estimate of drug-likeness (QED) is 0.740. The minimum absolute atomic E-state index is 0.348. The maximum Gasteiger partial charge on any atom is 0.338 e. The first-order chi connectivity index (χ1) is 6.97. The molecule has 0 fully saturated rings. The number of aryl methyl sites for hydroxylation is 2. The lowest BCUT2D eigenvalue weighted by Gasteiger charge is -2.08. The van der Waals surface area contributed by atoms with E-state index in [0.29, 0.717) is 11.1 Å². The van der Waals surface area contributed by atoms with Gasteiger partial charge in [-0.2, -0.15) is 0 Å². The maximum atomic E-state index is 11.3. The van der Waals surface area contributed by atoms with Crippen molar-refractivity contribution in [1.29, 1.82) is 0 Å². The van der Waals surface area contributed by atoms with E-state index < -0.39 is 11.9 Å². The molecular formula is C11H13NO3. The number of primary amides is 1. The third kappa shape index (κ3) is 2.15. The molecule has 1 aromatic rings. The van der Waals surface area contributed by atoms with Gasteiger partial charge in [0.05, 0.1) is 12.7 Å². The van der Waals surface area contributed by atoms with Gasteiger partial charge in [-0.1, -0.05) is 6.07 Å². The summed E-state index contributed by atoms with van der Waals surface area (Å²) in [7, 11) is 1.30. The second-order valence-corrected chi connectivity index (χ2v) is 3.34. The fraction of sp³-hybridized carbons (Fsp3) is 0.273. The number of methoxy groups -OCH3 is 1. The average Bonchev–Trinajstić information content (AvgIpc) is 2.16. The summed E-state index contributed by atoms with van der Waals surface area (Å²) in [6.07, 6.45) is 0. The van der Waals surface area contributed by atoms with Gasteiger partial charge in [-0.05, 0) is 31.0 Å². The van der Waals surface area contributed by atoms with Gasteiger partial charge in [0.25, 0.3) is 0 Å². The molecule has 0 aliphatic rings. The molecule has 0 aliphatic heterocycles. The molecule has 1 amide bonds. The molecule has 4 nitrogen and oxygen atoms in total. The first-order valence-electron chi connectivity index (χ1n) is 4.46. The molecule has 1 rings (SSSR count). The van der Waals surface area contributed by atoms with Gasteiger partial charge in [-0.3, -0.25) is 4.79 Å². The van der Waals surface area contributed by atoms with Crippen molar-refractivity contribution in [2.75, 3.05) is 7.11 Å². The highest BCUT2D eigenvalue weighted by molar-refractivity contribution is 5.99. The molecule has 0 spiro atoms. The minimum atomic E-state index is -0.544. The van der Waals surface area contributed by atoms with Crippen LogP contribution in [-0.2, 0) is 4.74 Å². The highest BCUT2D eigenvalue weighted by Gasteiger charge is 2.14. The van der Waals surface area contributed by atoms with E-state index in [1.165, 1.54) is 13.2 Å². The summed E-state index contributed by atoms with van der Waals surface area (Å²) in [4.78, 5) is 22.4. The zero-order chi connectivity index (χ0) is 11.6. The topological polar surface area (TPSA) is 69.4 Å². The molecule has 0 aliphatic carbocycles. The molecule has 0 atom stereocenters. The zero-order valence-electron chi connectivity index (χ0n) is 8.96. The molecule has 0 saturated heterocycles. The van der Waals surface area contributed by atoms with Crippen molar-refractivity contribution < 1.29 is 14.3 Å². The molecule has 15 heavy (non-hydrogen) atoms. The molecule has 0 unspecified atom stereocenters. The Hall–Kier alpha value is -1.84. The molecule has 0 radical (unpaired) electrons. The normalized spacial score (nSPS) is 9.80. The van der Waals surface area contributed by atoms with Crippen LogP contribution in [0.3, 0.4) is 0 Å². The van der Waals surface area contributed by atoms with Crippen molar-refractivity contribution in [3.05, 3.63) is 34.4 Å². The van der Waals surface area contributed by atoms with Gasteiger partial charge < -0.3 is 10.5 Å². The highest BCUT2D eigenvalue weighted by atomic mass is 16.5. The Morgan fingerprint density at radius 3 is 2.13 bits per heavy atom. The van der Waals surface area contributed by atoms with E-state index >= 15 is 0 Å². The summed E-state index contributed by atoms with van der Waals surface area (Å²) < 4.78 is 4.60. The number of nitrogens with two attached hydrogens (primary N) is 1. The van der Waals surface area contributed by atoms with E-state index in [2.05, 4.69) is 4.74 Å². The Kier molecular flexibility index (Phi) is 3.09. The van der Waals surface area contributed by atoms with Gasteiger partial charge in [0, 0.05) is 5.56 Å². The lowest BCUT2D eigenvalue weighted by atomic mass is 9.99. The largest absolute Gasteiger partial charge is 0.465 e. The summed E-state index contributed by atoms with van der Waals surface area (Å²) >= 11 is 0. The number of benzene rings is 1. The first kappa shape index (κ1) is 11.2. The summed E-state index contributed by atoms with van der Waals surface area (Å²) in [5.74, 6) is -1.01. The molecule has 0 bridgehead atoms. The molecule has 0 heterocycles. The van der Waals surface area contributed by atoms with Crippen molar-refractivity contribution >= 4 is 11.9 Å². The summed E-state index contributed by atoms with van der Waals surface area (Å²) in [5, 5.41) is 0. The summed E-state index contributed by atoms with van der Waals surface area (Å²) in [5.41, 5.74) is 7.43. The Labute approximate surface area is 88.0 Å². The van der Waals surface area contributed by atoms with E-state index in [4.69, 9.17) is 5.73 Å². The lowest BCUT2D eigenvalue weighted by Crippen LogP contribution is -2.15. The second kappa shape index (κ2) is 4.13. The van der Waals surface area contributed by atoms with Crippen LogP contribution in [0, 0.1) is 13.8 Å². The second-order valence-electron chi connectivity index (χ2n) is 3.34. The number of ether oxygens (including phenoxy) is 1. The van der Waals surface area contributed by atoms with Crippen LogP contribution in [0.1, 0.15) is 31.8 Å². The Morgan fingerprint density at radius 1 is 1.13 bits per heavy atom. The van der Waals surface area contributed by atoms with Gasteiger partial charge in [0.15, 0.2) is 0 Å². The number of carbonyl (C=O) groups excluding carboxylic acids is 2. The molecular weight excluding hydrogens is 194 g/mol. The van der Waals surface area contributed by atoms with Crippen molar-refractivity contribution in [3.8, 4) is 0 Å². The van der Waals surface area contributed by atoms with Gasteiger partial charge in [0.1, 0.15) is 0 Å². The molecule has 0 saturated carbocycles. The monoisotopic (exact) mass is 207 g/mol. The van der Waals surface area contributed by atoms with Crippen LogP contribution in [0.2, 0.25) is 0 Å². The number of hydrogen-bond donors (Lipinski definition) is 1. The Morgan fingerprint density at radius 2 is 1.67 bits per heavy atom. The molecule has 0 aromatic heterocycles. The van der Waals surface area contributed by atoms with Gasteiger partial charge >= 0.3 is 5.97 Å². The summed E-state index contributed by atoms with van der Waals surface area (Å²) in [6, 6.07) is 3.21. The van der Waals surface area contributed by atoms with E-state index in [0.717, 1.165) is 11.1 Å². The maximum absolute atomic E-state index is 11.3. The van der Waals surface area contributed by atoms with Crippen LogP contribution in [0.25, 0.3) is 0 Å². The first-order valence-corrected chi connectivity index (χ1v) is 4.46. The number of carbonyl (C=O) groups is 2. The van der Waals surface area contributed by atoms with E-state index in [1.807, 2.05) is 0 Å². The number of rotatable bonds is 2. The fourth-order valence-corrected chi connectivity index (χ4v) is 1.45. The van der Waals surface area contributed by atoms with Crippen LogP contribution in [0.5, 0.6) is 0 Å². The standard InChI is InChI=1S/C11H13NO3/c1-6-4-7(2)9(11(14)15-3)5-8(6)10(12)13/h4-5H,1-3H3,(H2,12,13). The smallest absolute Gasteiger partial charge is 0.338 e. The zero-order valence-corrected chi connectivity index (χ0v) is 8.96. The Bertz CT molecular complexity index is 424. The number of hydrogen-bond acceptors (Lipinski definition) is 3. The molecule has 1 aromatic carbocycles. The van der Waals surface area contributed by atoms with Crippen molar-refractivity contribution in [2.45, 2.75) is 13.8 Å². The predicted octanol–water partition coefficient (Wildman–Crippen LogP) is 1.19. The number of esters is 1. The van der Waals surface area contributed by atoms with Crippen molar-refractivity contribution in [3.63, 3.8) is 0 Å². The van der Waals surface area contributed by atoms with E-state index in [1.54, 1.807) is 19.9 Å². The van der Waals surface area contributed by atoms with E-state index in [-0.39, 0.29) is 0 Å². The molecule has 2 N–H and O–H groups in total. The average molecular weight is 207 g/mol. The van der Waals surface area contributed by atoms with E-state index in [9.17, 15) is 9.59 Å². The van der Waals surface area contributed by atoms with Crippen LogP contribution in [0.4, 0.5) is 0 Å². The third-order valence-electron chi connectivity index (χ3n) is 2.24. The van der Waals surface area contributed by atoms with Gasteiger partial charge in [-0.25, -0.2) is 4.79 Å². The lowest BCUT2D eigenvalue weighted by molar-refractivity contribution is 0.0600. The van der Waals surface area contributed by atoms with Crippen LogP contribution in [0.15, 0.2) is 12.1 Å². The van der Waals surface area contributed by atoms with Crippen LogP contribution >= 0.6 is 0 Å². The van der Waals surface area contributed by atoms with Crippen molar-refractivity contribution in [2.24, 2.45) is 5.73 Å². The molecule has 4 heteroatoms. The van der Waals surface area contributed by atoms with Gasteiger partial charge in [-0.15, -0.1) is 0 Å². The van der Waals surface area contributed by atoms with Crippen LogP contribution < -0.4 is 5.73 Å². The fourth-order valence-electron chi connectivity index (χ4n) is 1.45. The summed E-state index contributed by atoms with van der Waals surface area (Å²) in [6.45, 7) is 3.55. The third-order valence-corrected chi connectivity index (χ3v) is 2.24. The SMILES string of the molecule is COC(=O)c1cc(C(N)=O)c(C)cc1C. The molecule has 80 valence electrons. The highest BCUT2D eigenvalue weighted by Crippen LogP contribution is 2.16. The Balaban J connectivity index is 3.36. The van der Waals surface area contributed by atoms with Gasteiger partial charge in [0.2, 0.25) is 5.91 Å². The minimum Gasteiger partial charge on any atom is -0.465 e.